The van der Waals surface area contributed by atoms with Crippen molar-refractivity contribution >= 4 is 33.7 Å². The van der Waals surface area contributed by atoms with Crippen LogP contribution in [0.3, 0.4) is 0 Å². The fourth-order valence-corrected chi connectivity index (χ4v) is 14.3. The highest BCUT2D eigenvalue weighted by molar-refractivity contribution is 5.90. The Bertz CT molecular complexity index is 2580. The zero-order valence-corrected chi connectivity index (χ0v) is 38.0. The normalized spacial score (nSPS) is 28.9. The Balaban J connectivity index is 0.000000143. The molecule has 6 aromatic rings. The predicted molar refractivity (Wildman–Crippen MR) is 248 cm³/mol. The number of nitrogens with zero attached hydrogens (tertiary/aromatic N) is 4. The molecule has 10 heteroatoms. The fraction of sp³-hybridized carbons (Fsp3) is 0.444. The molecule has 0 amide bonds. The SMILES string of the molecule is COC(=O)[C@]12Cn3c(c(C)c4ccccc43)[C@H]1N1CCCC[C@@H]1[C@H]2c1ccc(OC)cc1.COC(=O)[C@]12Cn3c(c(C)c4ccccc43)[C@H]1N1CCCC[C@@H]1[C@H]2c1ccc(OC)cc1. The lowest BCUT2D eigenvalue weighted by molar-refractivity contribution is -0.156. The average molecular weight is 861 g/mol. The number of piperidine rings is 2. The van der Waals surface area contributed by atoms with Crippen LogP contribution >= 0.6 is 0 Å². The summed E-state index contributed by atoms with van der Waals surface area (Å²) in [5.41, 5.74) is 8.84. The number of rotatable bonds is 6. The number of carbonyl (C=O) groups excluding carboxylic acids is 2. The summed E-state index contributed by atoms with van der Waals surface area (Å²) in [6, 6.07) is 34.7. The second kappa shape index (κ2) is 15.5. The number of ether oxygens (including phenoxy) is 4. The van der Waals surface area contributed by atoms with E-state index in [-0.39, 0.29) is 35.9 Å². The zero-order chi connectivity index (χ0) is 44.1. The highest BCUT2D eigenvalue weighted by Crippen LogP contribution is 2.67. The van der Waals surface area contributed by atoms with Crippen molar-refractivity contribution in [2.45, 2.75) is 101 Å². The van der Waals surface area contributed by atoms with Crippen LogP contribution in [0, 0.1) is 24.7 Å². The number of esters is 2. The van der Waals surface area contributed by atoms with Gasteiger partial charge in [0, 0.05) is 70.2 Å². The van der Waals surface area contributed by atoms with Crippen molar-refractivity contribution < 1.29 is 28.5 Å². The van der Waals surface area contributed by atoms with Crippen molar-refractivity contribution in [2.24, 2.45) is 10.8 Å². The lowest BCUT2D eigenvalue weighted by Crippen LogP contribution is -2.40. The molecular formula is C54H60N4O6. The molecule has 4 saturated heterocycles. The summed E-state index contributed by atoms with van der Waals surface area (Å²) in [4.78, 5) is 32.9. The molecule has 4 fully saturated rings. The minimum absolute atomic E-state index is 0.0414. The van der Waals surface area contributed by atoms with E-state index in [1.807, 2.05) is 24.3 Å². The van der Waals surface area contributed by atoms with Crippen LogP contribution < -0.4 is 9.47 Å². The summed E-state index contributed by atoms with van der Waals surface area (Å²) in [5, 5.41) is 2.59. The average Bonchev–Trinajstić information content (AvgIpc) is 4.15. The summed E-state index contributed by atoms with van der Waals surface area (Å²) in [5.74, 6) is 1.70. The molecule has 0 saturated carbocycles. The quantitative estimate of drug-likeness (QED) is 0.153. The number of aromatic nitrogens is 2. The second-order valence-corrected chi connectivity index (χ2v) is 19.2. The van der Waals surface area contributed by atoms with Crippen LogP contribution in [0.5, 0.6) is 11.5 Å². The van der Waals surface area contributed by atoms with Crippen molar-refractivity contribution in [1.29, 1.82) is 0 Å². The van der Waals surface area contributed by atoms with Crippen LogP contribution in [0.2, 0.25) is 0 Å². The first kappa shape index (κ1) is 41.1. The summed E-state index contributed by atoms with van der Waals surface area (Å²) < 4.78 is 26.8. The summed E-state index contributed by atoms with van der Waals surface area (Å²) >= 11 is 0. The van der Waals surface area contributed by atoms with E-state index in [0.717, 1.165) is 37.4 Å². The maximum atomic E-state index is 13.8. The lowest BCUT2D eigenvalue weighted by Gasteiger charge is -2.35. The third-order valence-corrected chi connectivity index (χ3v) is 16.7. The minimum Gasteiger partial charge on any atom is -0.497 e. The highest BCUT2D eigenvalue weighted by Gasteiger charge is 2.70. The van der Waals surface area contributed by atoms with E-state index in [1.54, 1.807) is 28.4 Å². The Morgan fingerprint density at radius 1 is 0.531 bits per heavy atom. The number of hydrogen-bond acceptors (Lipinski definition) is 8. The van der Waals surface area contributed by atoms with Crippen molar-refractivity contribution in [3.8, 4) is 11.5 Å². The number of para-hydroxylation sites is 2. The largest absolute Gasteiger partial charge is 0.497 e. The third kappa shape index (κ3) is 5.57. The van der Waals surface area contributed by atoms with Crippen molar-refractivity contribution in [3.05, 3.63) is 131 Å². The Morgan fingerprint density at radius 3 is 1.30 bits per heavy atom. The third-order valence-electron chi connectivity index (χ3n) is 16.7. The van der Waals surface area contributed by atoms with Crippen LogP contribution in [-0.2, 0) is 32.2 Å². The molecule has 8 heterocycles. The molecule has 0 unspecified atom stereocenters. The number of benzene rings is 4. The molecule has 2 aromatic heterocycles. The van der Waals surface area contributed by atoms with Crippen LogP contribution in [0.15, 0.2) is 97.1 Å². The maximum Gasteiger partial charge on any atom is 0.316 e. The van der Waals surface area contributed by atoms with Gasteiger partial charge in [-0.1, -0.05) is 73.5 Å². The first-order valence-electron chi connectivity index (χ1n) is 23.3. The number of carbonyl (C=O) groups is 2. The van der Waals surface area contributed by atoms with Crippen molar-refractivity contribution in [1.82, 2.24) is 18.9 Å². The van der Waals surface area contributed by atoms with Gasteiger partial charge in [-0.3, -0.25) is 19.4 Å². The van der Waals surface area contributed by atoms with Crippen molar-refractivity contribution in [2.75, 3.05) is 41.5 Å². The molecule has 12 rings (SSSR count). The Hall–Kier alpha value is -5.58. The monoisotopic (exact) mass is 860 g/mol. The van der Waals surface area contributed by atoms with Crippen LogP contribution in [-0.4, -0.2) is 84.5 Å². The minimum atomic E-state index is -0.623. The summed E-state index contributed by atoms with van der Waals surface area (Å²) in [6.07, 6.45) is 7.01. The number of aryl methyl sites for hydroxylation is 2. The van der Waals surface area contributed by atoms with Gasteiger partial charge < -0.3 is 28.1 Å². The lowest BCUT2D eigenvalue weighted by atomic mass is 9.68. The topological polar surface area (TPSA) is 87.4 Å². The molecule has 0 spiro atoms. The maximum absolute atomic E-state index is 13.8. The summed E-state index contributed by atoms with van der Waals surface area (Å²) in [6.45, 7) is 7.83. The van der Waals surface area contributed by atoms with Gasteiger partial charge in [0.1, 0.15) is 22.3 Å². The van der Waals surface area contributed by atoms with Gasteiger partial charge in [0.2, 0.25) is 0 Å². The van der Waals surface area contributed by atoms with Gasteiger partial charge >= 0.3 is 11.9 Å². The molecule has 6 aliphatic rings. The Labute approximate surface area is 376 Å². The molecule has 8 atom stereocenters. The van der Waals surface area contributed by atoms with Crippen LogP contribution in [0.1, 0.15) is 96.1 Å². The van der Waals surface area contributed by atoms with E-state index in [2.05, 4.69) is 106 Å². The molecular weight excluding hydrogens is 801 g/mol. The van der Waals surface area contributed by atoms with E-state index in [4.69, 9.17) is 18.9 Å². The first-order chi connectivity index (χ1) is 31.2. The smallest absolute Gasteiger partial charge is 0.316 e. The van der Waals surface area contributed by atoms with E-state index >= 15 is 0 Å². The number of methoxy groups -OCH3 is 4. The molecule has 10 nitrogen and oxygen atoms in total. The van der Waals surface area contributed by atoms with Gasteiger partial charge in [-0.15, -0.1) is 0 Å². The molecule has 332 valence electrons. The van der Waals surface area contributed by atoms with Gasteiger partial charge in [-0.05, 0) is 111 Å². The fourth-order valence-electron chi connectivity index (χ4n) is 14.3. The van der Waals surface area contributed by atoms with Gasteiger partial charge in [-0.2, -0.15) is 0 Å². The molecule has 0 N–H and O–H groups in total. The standard InChI is InChI=1S/2C27H30N2O3/c2*1-17-20-8-4-5-9-21(20)29-16-27(26(30)32-3)23(18-11-13-19(31-2)14-12-18)22-10-6-7-15-28(22)25(27)24(17)29/h2*4-5,8-9,11-14,22-23,25H,6-7,10,15-16H2,1-3H3/t2*22-,23-,25-,27+/m11/s1. The van der Waals surface area contributed by atoms with Crippen molar-refractivity contribution in [3.63, 3.8) is 0 Å². The highest BCUT2D eigenvalue weighted by atomic mass is 16.5. The van der Waals surface area contributed by atoms with Crippen LogP contribution in [0.25, 0.3) is 21.8 Å². The van der Waals surface area contributed by atoms with Gasteiger partial charge in [-0.25, -0.2) is 0 Å². The van der Waals surface area contributed by atoms with E-state index in [1.165, 1.54) is 81.1 Å². The summed E-state index contributed by atoms with van der Waals surface area (Å²) in [7, 11) is 6.49. The van der Waals surface area contributed by atoms with E-state index in [0.29, 0.717) is 25.2 Å². The van der Waals surface area contributed by atoms with Gasteiger partial charge in [0.15, 0.2) is 0 Å². The van der Waals surface area contributed by atoms with Crippen LogP contribution in [0.4, 0.5) is 0 Å². The number of fused-ring (bicyclic) bond motifs is 14. The number of hydrogen-bond donors (Lipinski definition) is 0. The first-order valence-corrected chi connectivity index (χ1v) is 23.3. The zero-order valence-electron chi connectivity index (χ0n) is 38.0. The molecule has 0 radical (unpaired) electrons. The van der Waals surface area contributed by atoms with E-state index in [9.17, 15) is 9.59 Å². The molecule has 0 aliphatic carbocycles. The molecule has 4 aromatic carbocycles. The van der Waals surface area contributed by atoms with Gasteiger partial charge in [0.25, 0.3) is 0 Å². The molecule has 0 bridgehead atoms. The predicted octanol–water partition coefficient (Wildman–Crippen LogP) is 9.65. The Morgan fingerprint density at radius 2 is 0.922 bits per heavy atom. The van der Waals surface area contributed by atoms with E-state index < -0.39 is 10.8 Å². The molecule has 6 aliphatic heterocycles. The Kier molecular flexibility index (Phi) is 10.00. The molecule has 64 heavy (non-hydrogen) atoms. The van der Waals surface area contributed by atoms with Gasteiger partial charge in [0.05, 0.1) is 40.5 Å². The second-order valence-electron chi connectivity index (χ2n) is 19.2.